The zero-order valence-electron chi connectivity index (χ0n) is 17.6. The number of aryl methyl sites for hydroxylation is 2. The molecular weight excluding hydrogens is 376 g/mol. The maximum Gasteiger partial charge on any atom is 0.251 e. The number of ether oxygens (including phenoxy) is 1. The third-order valence-electron chi connectivity index (χ3n) is 5.29. The molecule has 1 aromatic carbocycles. The van der Waals surface area contributed by atoms with E-state index in [9.17, 15) is 4.79 Å². The number of benzene rings is 1. The van der Waals surface area contributed by atoms with Crippen molar-refractivity contribution in [3.05, 3.63) is 71.7 Å². The number of hydrogen-bond acceptors (Lipinski definition) is 4. The predicted molar refractivity (Wildman–Crippen MR) is 118 cm³/mol. The van der Waals surface area contributed by atoms with E-state index in [0.29, 0.717) is 11.4 Å². The molecule has 0 aliphatic rings. The van der Waals surface area contributed by atoms with E-state index in [0.717, 1.165) is 45.8 Å². The fraction of sp³-hybridized carbons (Fsp3) is 0.208. The number of imidazole rings is 1. The van der Waals surface area contributed by atoms with Gasteiger partial charge in [0.25, 0.3) is 5.91 Å². The van der Waals surface area contributed by atoms with Gasteiger partial charge in [-0.1, -0.05) is 31.2 Å². The van der Waals surface area contributed by atoms with E-state index in [-0.39, 0.29) is 5.91 Å². The van der Waals surface area contributed by atoms with Crippen LogP contribution in [-0.4, -0.2) is 34.4 Å². The van der Waals surface area contributed by atoms with Gasteiger partial charge in [0.2, 0.25) is 5.88 Å². The van der Waals surface area contributed by atoms with Crippen molar-refractivity contribution in [2.45, 2.75) is 20.3 Å². The number of nitrogens with zero attached hydrogens (tertiary/aromatic N) is 3. The average Bonchev–Trinajstić information content (AvgIpc) is 3.16. The Morgan fingerprint density at radius 2 is 1.83 bits per heavy atom. The fourth-order valence-electron chi connectivity index (χ4n) is 3.80. The molecule has 6 heteroatoms. The van der Waals surface area contributed by atoms with Crippen molar-refractivity contribution in [1.82, 2.24) is 19.7 Å². The third-order valence-corrected chi connectivity index (χ3v) is 5.29. The van der Waals surface area contributed by atoms with Crippen molar-refractivity contribution in [2.75, 3.05) is 14.2 Å². The summed E-state index contributed by atoms with van der Waals surface area (Å²) in [4.78, 5) is 21.5. The van der Waals surface area contributed by atoms with Crippen LogP contribution in [0.3, 0.4) is 0 Å². The molecule has 0 saturated heterocycles. The molecule has 6 nitrogen and oxygen atoms in total. The molecule has 4 aromatic rings. The first kappa shape index (κ1) is 19.6. The molecule has 152 valence electrons. The van der Waals surface area contributed by atoms with Crippen molar-refractivity contribution < 1.29 is 9.53 Å². The first-order valence-corrected chi connectivity index (χ1v) is 9.91. The maximum absolute atomic E-state index is 12.1. The van der Waals surface area contributed by atoms with Gasteiger partial charge in [-0.05, 0) is 37.1 Å². The number of carbonyl (C=O) groups is 1. The molecule has 3 heterocycles. The number of aromatic nitrogens is 3. The molecule has 0 fully saturated rings. The van der Waals surface area contributed by atoms with Gasteiger partial charge in [0.05, 0.1) is 18.5 Å². The zero-order chi connectivity index (χ0) is 21.3. The molecule has 0 bridgehead atoms. The van der Waals surface area contributed by atoms with E-state index in [1.807, 2.05) is 49.5 Å². The highest BCUT2D eigenvalue weighted by atomic mass is 16.5. The summed E-state index contributed by atoms with van der Waals surface area (Å²) in [5.74, 6) is 0.470. The Hall–Kier alpha value is -3.67. The minimum absolute atomic E-state index is 0.125. The molecule has 1 amide bonds. The summed E-state index contributed by atoms with van der Waals surface area (Å²) in [6.07, 6.45) is 2.72. The van der Waals surface area contributed by atoms with Gasteiger partial charge in [-0.15, -0.1) is 0 Å². The molecule has 0 spiro atoms. The van der Waals surface area contributed by atoms with Gasteiger partial charge in [-0.2, -0.15) is 0 Å². The fourth-order valence-corrected chi connectivity index (χ4v) is 3.80. The van der Waals surface area contributed by atoms with Gasteiger partial charge in [0, 0.05) is 41.7 Å². The summed E-state index contributed by atoms with van der Waals surface area (Å²) in [6, 6.07) is 15.8. The highest BCUT2D eigenvalue weighted by Crippen LogP contribution is 2.35. The summed E-state index contributed by atoms with van der Waals surface area (Å²) < 4.78 is 7.31. The molecular formula is C24H24N4O2. The van der Waals surface area contributed by atoms with Crippen LogP contribution in [0.1, 0.15) is 28.7 Å². The lowest BCUT2D eigenvalue weighted by atomic mass is 9.95. The van der Waals surface area contributed by atoms with Crippen LogP contribution in [0.15, 0.2) is 54.7 Å². The lowest BCUT2D eigenvalue weighted by Gasteiger charge is -2.12. The van der Waals surface area contributed by atoms with E-state index in [4.69, 9.17) is 9.72 Å². The highest BCUT2D eigenvalue weighted by molar-refractivity contribution is 5.95. The van der Waals surface area contributed by atoms with E-state index in [2.05, 4.69) is 33.8 Å². The van der Waals surface area contributed by atoms with Gasteiger partial charge in [-0.25, -0.2) is 9.97 Å². The topological polar surface area (TPSA) is 68.5 Å². The minimum atomic E-state index is -0.125. The van der Waals surface area contributed by atoms with Crippen LogP contribution in [-0.2, 0) is 6.42 Å². The number of methoxy groups -OCH3 is 1. The summed E-state index contributed by atoms with van der Waals surface area (Å²) >= 11 is 0. The van der Waals surface area contributed by atoms with Crippen LogP contribution >= 0.6 is 0 Å². The van der Waals surface area contributed by atoms with E-state index in [1.165, 1.54) is 0 Å². The molecule has 0 radical (unpaired) electrons. The van der Waals surface area contributed by atoms with Crippen LogP contribution in [0.5, 0.6) is 5.88 Å². The third kappa shape index (κ3) is 3.30. The van der Waals surface area contributed by atoms with Gasteiger partial charge < -0.3 is 14.5 Å². The molecule has 0 unspecified atom stereocenters. The lowest BCUT2D eigenvalue weighted by Crippen LogP contribution is -2.17. The number of pyridine rings is 2. The molecule has 0 saturated carbocycles. The second-order valence-electron chi connectivity index (χ2n) is 7.02. The van der Waals surface area contributed by atoms with Crippen LogP contribution < -0.4 is 10.1 Å². The Bertz CT molecular complexity index is 1240. The second-order valence-corrected chi connectivity index (χ2v) is 7.02. The average molecular weight is 400 g/mol. The first-order chi connectivity index (χ1) is 14.6. The van der Waals surface area contributed by atoms with Crippen LogP contribution in [0.2, 0.25) is 0 Å². The number of rotatable bonds is 5. The summed E-state index contributed by atoms with van der Waals surface area (Å²) in [5.41, 5.74) is 7.39. The smallest absolute Gasteiger partial charge is 0.251 e. The summed E-state index contributed by atoms with van der Waals surface area (Å²) in [6.45, 7) is 4.09. The number of fused-ring (bicyclic) bond motifs is 1. The largest absolute Gasteiger partial charge is 0.481 e. The van der Waals surface area contributed by atoms with Crippen LogP contribution in [0.4, 0.5) is 0 Å². The molecule has 3 aromatic heterocycles. The molecule has 30 heavy (non-hydrogen) atoms. The Labute approximate surface area is 175 Å². The zero-order valence-corrected chi connectivity index (χ0v) is 17.6. The van der Waals surface area contributed by atoms with Crippen molar-refractivity contribution in [1.29, 1.82) is 0 Å². The summed E-state index contributed by atoms with van der Waals surface area (Å²) in [7, 11) is 3.25. The monoisotopic (exact) mass is 400 g/mol. The number of nitrogens with one attached hydrogen (secondary N) is 1. The molecule has 0 aliphatic heterocycles. The number of amides is 1. The quantitative estimate of drug-likeness (QED) is 0.542. The van der Waals surface area contributed by atoms with Crippen LogP contribution in [0, 0.1) is 6.92 Å². The van der Waals surface area contributed by atoms with Crippen molar-refractivity contribution in [3.63, 3.8) is 0 Å². The Morgan fingerprint density at radius 3 is 2.50 bits per heavy atom. The van der Waals surface area contributed by atoms with E-state index in [1.54, 1.807) is 14.2 Å². The Balaban J connectivity index is 1.92. The van der Waals surface area contributed by atoms with Crippen LogP contribution in [0.25, 0.3) is 28.0 Å². The standard InChI is InChI=1S/C24H24N4O2/c1-5-20-23(27-21-14-16(24(29)25-3)12-13-28(20)21)19-9-7-6-8-18(19)17-10-11-22(30-4)26-15(17)2/h6-14H,5H2,1-4H3,(H,25,29). The number of hydrogen-bond donors (Lipinski definition) is 1. The predicted octanol–water partition coefficient (Wildman–Crippen LogP) is 4.30. The lowest BCUT2D eigenvalue weighted by molar-refractivity contribution is 0.0963. The first-order valence-electron chi connectivity index (χ1n) is 9.91. The normalized spacial score (nSPS) is 10.9. The second kappa shape index (κ2) is 7.99. The van der Waals surface area contributed by atoms with Gasteiger partial charge in [0.15, 0.2) is 0 Å². The van der Waals surface area contributed by atoms with Crippen molar-refractivity contribution in [2.24, 2.45) is 0 Å². The van der Waals surface area contributed by atoms with Crippen molar-refractivity contribution >= 4 is 11.6 Å². The van der Waals surface area contributed by atoms with E-state index < -0.39 is 0 Å². The Morgan fingerprint density at radius 1 is 1.07 bits per heavy atom. The maximum atomic E-state index is 12.1. The molecule has 0 atom stereocenters. The molecule has 0 aliphatic carbocycles. The highest BCUT2D eigenvalue weighted by Gasteiger charge is 2.18. The number of carbonyl (C=O) groups excluding carboxylic acids is 1. The van der Waals surface area contributed by atoms with E-state index >= 15 is 0 Å². The van der Waals surface area contributed by atoms with Gasteiger partial charge in [0.1, 0.15) is 5.65 Å². The van der Waals surface area contributed by atoms with Gasteiger partial charge in [-0.3, -0.25) is 4.79 Å². The van der Waals surface area contributed by atoms with Gasteiger partial charge >= 0.3 is 0 Å². The SMILES string of the molecule is CCc1c(-c2ccccc2-c2ccc(OC)nc2C)nc2cc(C(=O)NC)ccn12. The summed E-state index contributed by atoms with van der Waals surface area (Å²) in [5, 5.41) is 2.67. The minimum Gasteiger partial charge on any atom is -0.481 e. The molecule has 4 rings (SSSR count). The molecule has 1 N–H and O–H groups in total. The van der Waals surface area contributed by atoms with Crippen molar-refractivity contribution in [3.8, 4) is 28.3 Å². The Kier molecular flexibility index (Phi) is 5.23.